The Morgan fingerprint density at radius 2 is 1.68 bits per heavy atom. The van der Waals surface area contributed by atoms with Crippen LogP contribution in [0.3, 0.4) is 0 Å². The molecule has 0 aliphatic carbocycles. The van der Waals surface area contributed by atoms with Gasteiger partial charge in [0.25, 0.3) is 0 Å². The Bertz CT molecular complexity index is 364. The van der Waals surface area contributed by atoms with E-state index in [0.717, 1.165) is 18.9 Å². The van der Waals surface area contributed by atoms with Crippen LogP contribution in [0.25, 0.3) is 0 Å². The van der Waals surface area contributed by atoms with Crippen LogP contribution in [0.15, 0.2) is 12.1 Å². The predicted octanol–water partition coefficient (Wildman–Crippen LogP) is 4.16. The summed E-state index contributed by atoms with van der Waals surface area (Å²) < 4.78 is 6.07. The Morgan fingerprint density at radius 3 is 2.21 bits per heavy atom. The van der Waals surface area contributed by atoms with Gasteiger partial charge in [-0.1, -0.05) is 38.0 Å². The van der Waals surface area contributed by atoms with Crippen molar-refractivity contribution >= 4 is 0 Å². The molecule has 0 saturated carbocycles. The van der Waals surface area contributed by atoms with Crippen molar-refractivity contribution in [3.05, 3.63) is 28.8 Å². The Hall–Kier alpha value is -1.02. The highest BCUT2D eigenvalue weighted by Crippen LogP contribution is 2.24. The van der Waals surface area contributed by atoms with Gasteiger partial charge in [-0.3, -0.25) is 0 Å². The maximum atomic E-state index is 6.07. The second-order valence-electron chi connectivity index (χ2n) is 5.48. The molecular formula is C17H29NO. The monoisotopic (exact) mass is 263 g/mol. The zero-order valence-electron chi connectivity index (χ0n) is 13.2. The summed E-state index contributed by atoms with van der Waals surface area (Å²) in [5, 5.41) is 3.57. The fourth-order valence-electron chi connectivity index (χ4n) is 2.52. The number of ether oxygens (including phenoxy) is 1. The van der Waals surface area contributed by atoms with E-state index < -0.39 is 0 Å². The van der Waals surface area contributed by atoms with E-state index in [2.05, 4.69) is 52.1 Å². The molecule has 2 nitrogen and oxygen atoms in total. The molecule has 0 spiro atoms. The highest BCUT2D eigenvalue weighted by Gasteiger charge is 2.10. The Morgan fingerprint density at radius 1 is 1.05 bits per heavy atom. The largest absolute Gasteiger partial charge is 0.491 e. The van der Waals surface area contributed by atoms with Crippen LogP contribution < -0.4 is 10.1 Å². The van der Waals surface area contributed by atoms with Crippen LogP contribution in [0.4, 0.5) is 0 Å². The summed E-state index contributed by atoms with van der Waals surface area (Å²) in [5.41, 5.74) is 3.78. The van der Waals surface area contributed by atoms with Gasteiger partial charge in [0.1, 0.15) is 12.4 Å². The first-order valence-corrected chi connectivity index (χ1v) is 7.52. The van der Waals surface area contributed by atoms with Gasteiger partial charge in [-0.05, 0) is 51.3 Å². The molecule has 1 rings (SSSR count). The molecule has 1 atom stereocenters. The maximum absolute atomic E-state index is 6.07. The number of nitrogens with one attached hydrogen (secondary N) is 1. The second-order valence-corrected chi connectivity index (χ2v) is 5.48. The molecule has 1 N–H and O–H groups in total. The van der Waals surface area contributed by atoms with Crippen molar-refractivity contribution in [2.75, 3.05) is 13.2 Å². The minimum absolute atomic E-state index is 0.463. The van der Waals surface area contributed by atoms with E-state index >= 15 is 0 Å². The zero-order valence-corrected chi connectivity index (χ0v) is 13.2. The number of hydrogen-bond acceptors (Lipinski definition) is 2. The first-order valence-electron chi connectivity index (χ1n) is 7.52. The molecule has 0 aliphatic heterocycles. The summed E-state index contributed by atoms with van der Waals surface area (Å²) in [6.07, 6.45) is 3.53. The molecule has 0 radical (unpaired) electrons. The first kappa shape index (κ1) is 16.0. The lowest BCUT2D eigenvalue weighted by Gasteiger charge is -2.20. The van der Waals surface area contributed by atoms with Gasteiger partial charge in [0.05, 0.1) is 0 Å². The molecule has 2 heteroatoms. The third-order valence-electron chi connectivity index (χ3n) is 3.35. The molecule has 0 bridgehead atoms. The highest BCUT2D eigenvalue weighted by molar-refractivity contribution is 5.42. The molecular weight excluding hydrogens is 234 g/mol. The lowest BCUT2D eigenvalue weighted by atomic mass is 10.1. The van der Waals surface area contributed by atoms with Crippen LogP contribution in [0.5, 0.6) is 5.75 Å². The molecule has 0 saturated heterocycles. The lowest BCUT2D eigenvalue weighted by Crippen LogP contribution is -2.35. The second kappa shape index (κ2) is 8.21. The third-order valence-corrected chi connectivity index (χ3v) is 3.35. The molecule has 19 heavy (non-hydrogen) atoms. The fourth-order valence-corrected chi connectivity index (χ4v) is 2.52. The van der Waals surface area contributed by atoms with Crippen molar-refractivity contribution in [2.45, 2.75) is 59.9 Å². The van der Waals surface area contributed by atoms with Crippen LogP contribution >= 0.6 is 0 Å². The fraction of sp³-hybridized carbons (Fsp3) is 0.647. The van der Waals surface area contributed by atoms with E-state index in [-0.39, 0.29) is 0 Å². The molecule has 0 aliphatic rings. The topological polar surface area (TPSA) is 21.3 Å². The van der Waals surface area contributed by atoms with Crippen LogP contribution in [-0.2, 0) is 0 Å². The molecule has 0 aromatic heterocycles. The van der Waals surface area contributed by atoms with E-state index in [1.54, 1.807) is 0 Å². The van der Waals surface area contributed by atoms with Crippen LogP contribution in [-0.4, -0.2) is 19.2 Å². The number of aryl methyl sites for hydroxylation is 3. The Labute approximate surface area is 118 Å². The summed E-state index contributed by atoms with van der Waals surface area (Å²) in [5.74, 6) is 1.06. The van der Waals surface area contributed by atoms with E-state index in [9.17, 15) is 0 Å². The quantitative estimate of drug-likeness (QED) is 0.760. The summed E-state index contributed by atoms with van der Waals surface area (Å²) in [7, 11) is 0. The van der Waals surface area contributed by atoms with Gasteiger partial charge in [0.2, 0.25) is 0 Å². The van der Waals surface area contributed by atoms with E-state index in [0.29, 0.717) is 6.04 Å². The average molecular weight is 263 g/mol. The van der Waals surface area contributed by atoms with Gasteiger partial charge in [-0.25, -0.2) is 0 Å². The van der Waals surface area contributed by atoms with E-state index in [1.165, 1.54) is 36.0 Å². The van der Waals surface area contributed by atoms with Crippen LogP contribution in [0.2, 0.25) is 0 Å². The van der Waals surface area contributed by atoms with Crippen molar-refractivity contribution in [1.82, 2.24) is 5.32 Å². The standard InChI is InChI=1S/C17H29NO/c1-6-8-16(18-9-7-2)12-19-17-14(4)10-13(3)11-15(17)5/h10-11,16,18H,6-9,12H2,1-5H3. The van der Waals surface area contributed by atoms with Gasteiger partial charge in [-0.2, -0.15) is 0 Å². The molecule has 1 unspecified atom stereocenters. The van der Waals surface area contributed by atoms with E-state index in [1.807, 2.05) is 0 Å². The van der Waals surface area contributed by atoms with Crippen LogP contribution in [0.1, 0.15) is 49.8 Å². The van der Waals surface area contributed by atoms with Crippen molar-refractivity contribution in [3.8, 4) is 5.75 Å². The van der Waals surface area contributed by atoms with Gasteiger partial charge in [0, 0.05) is 6.04 Å². The van der Waals surface area contributed by atoms with Crippen molar-refractivity contribution in [3.63, 3.8) is 0 Å². The van der Waals surface area contributed by atoms with Crippen molar-refractivity contribution < 1.29 is 4.74 Å². The smallest absolute Gasteiger partial charge is 0.125 e. The Kier molecular flexibility index (Phi) is 6.93. The van der Waals surface area contributed by atoms with Gasteiger partial charge < -0.3 is 10.1 Å². The van der Waals surface area contributed by atoms with Crippen molar-refractivity contribution in [1.29, 1.82) is 0 Å². The van der Waals surface area contributed by atoms with Crippen LogP contribution in [0, 0.1) is 20.8 Å². The third kappa shape index (κ3) is 5.23. The zero-order chi connectivity index (χ0) is 14.3. The summed E-state index contributed by atoms with van der Waals surface area (Å²) in [6, 6.07) is 4.85. The highest BCUT2D eigenvalue weighted by atomic mass is 16.5. The Balaban J connectivity index is 2.63. The van der Waals surface area contributed by atoms with Gasteiger partial charge in [-0.15, -0.1) is 0 Å². The van der Waals surface area contributed by atoms with Crippen molar-refractivity contribution in [2.24, 2.45) is 0 Å². The SMILES string of the molecule is CCCNC(CCC)COc1c(C)cc(C)cc1C. The summed E-state index contributed by atoms with van der Waals surface area (Å²) >= 11 is 0. The van der Waals surface area contributed by atoms with E-state index in [4.69, 9.17) is 4.74 Å². The lowest BCUT2D eigenvalue weighted by molar-refractivity contribution is 0.253. The van der Waals surface area contributed by atoms with Gasteiger partial charge in [0.15, 0.2) is 0 Å². The normalized spacial score (nSPS) is 12.5. The van der Waals surface area contributed by atoms with Gasteiger partial charge >= 0.3 is 0 Å². The summed E-state index contributed by atoms with van der Waals surface area (Å²) in [6.45, 7) is 12.6. The number of rotatable bonds is 8. The minimum Gasteiger partial charge on any atom is -0.491 e. The minimum atomic E-state index is 0.463. The number of hydrogen-bond donors (Lipinski definition) is 1. The molecule has 0 fully saturated rings. The number of benzene rings is 1. The molecule has 0 amide bonds. The molecule has 1 aromatic rings. The summed E-state index contributed by atoms with van der Waals surface area (Å²) in [4.78, 5) is 0. The average Bonchev–Trinajstić information content (AvgIpc) is 2.34. The molecule has 1 aromatic carbocycles. The first-order chi connectivity index (χ1) is 9.08. The predicted molar refractivity (Wildman–Crippen MR) is 83.1 cm³/mol. The molecule has 108 valence electrons. The molecule has 0 heterocycles. The maximum Gasteiger partial charge on any atom is 0.125 e.